The van der Waals surface area contributed by atoms with Gasteiger partial charge < -0.3 is 37.6 Å². The molecule has 14 heteroatoms. The molecule has 13 nitrogen and oxygen atoms in total. The topological polar surface area (TPSA) is 231 Å². The van der Waals surface area contributed by atoms with Gasteiger partial charge in [-0.3, -0.25) is 24.0 Å². The van der Waals surface area contributed by atoms with Gasteiger partial charge in [-0.25, -0.2) is 4.79 Å². The monoisotopic (exact) mass is 463 g/mol. The molecule has 4 unspecified atom stereocenters. The van der Waals surface area contributed by atoms with Crippen molar-refractivity contribution in [3.05, 3.63) is 0 Å². The van der Waals surface area contributed by atoms with Crippen LogP contribution in [0.4, 0.5) is 0 Å². The van der Waals surface area contributed by atoms with Crippen LogP contribution in [-0.2, 0) is 28.8 Å². The van der Waals surface area contributed by atoms with E-state index in [1.807, 2.05) is 6.26 Å². The molecule has 0 aromatic heterocycles. The van der Waals surface area contributed by atoms with Gasteiger partial charge in [0.2, 0.25) is 23.6 Å². The molecule has 0 rings (SSSR count). The van der Waals surface area contributed by atoms with Crippen molar-refractivity contribution in [1.82, 2.24) is 16.0 Å². The van der Waals surface area contributed by atoms with Crippen molar-refractivity contribution >= 4 is 47.3 Å². The number of hydrogen-bond donors (Lipinski definition) is 7. The summed E-state index contributed by atoms with van der Waals surface area (Å²) >= 11 is 1.47. The molecule has 31 heavy (non-hydrogen) atoms. The highest BCUT2D eigenvalue weighted by Gasteiger charge is 2.29. The SMILES string of the molecule is CSCCC(N)C(=O)NC(CC(N)=O)C(=O)NC(C)C(=O)NC(CCC(=O)O)C(=O)O. The Morgan fingerprint density at radius 1 is 0.903 bits per heavy atom. The summed E-state index contributed by atoms with van der Waals surface area (Å²) in [5.41, 5.74) is 10.8. The molecule has 0 heterocycles. The summed E-state index contributed by atoms with van der Waals surface area (Å²) in [7, 11) is 0. The molecule has 0 spiro atoms. The number of carbonyl (C=O) groups is 6. The fourth-order valence-corrected chi connectivity index (χ4v) is 2.76. The Morgan fingerprint density at radius 2 is 1.48 bits per heavy atom. The van der Waals surface area contributed by atoms with Gasteiger partial charge in [0.25, 0.3) is 0 Å². The average Bonchev–Trinajstić information content (AvgIpc) is 2.67. The summed E-state index contributed by atoms with van der Waals surface area (Å²) in [6.45, 7) is 1.25. The number of nitrogens with one attached hydrogen (secondary N) is 3. The van der Waals surface area contributed by atoms with E-state index in [0.29, 0.717) is 12.2 Å². The van der Waals surface area contributed by atoms with Gasteiger partial charge in [-0.05, 0) is 31.8 Å². The average molecular weight is 464 g/mol. The lowest BCUT2D eigenvalue weighted by Gasteiger charge is -2.22. The largest absolute Gasteiger partial charge is 0.481 e. The van der Waals surface area contributed by atoms with Crippen molar-refractivity contribution in [2.75, 3.05) is 12.0 Å². The number of rotatable bonds is 15. The molecule has 0 aliphatic carbocycles. The predicted octanol–water partition coefficient (Wildman–Crippen LogP) is -2.63. The number of carbonyl (C=O) groups excluding carboxylic acids is 4. The molecule has 0 saturated heterocycles. The molecular formula is C17H29N5O8S. The van der Waals surface area contributed by atoms with Crippen LogP contribution < -0.4 is 27.4 Å². The van der Waals surface area contributed by atoms with Gasteiger partial charge in [-0.15, -0.1) is 0 Å². The van der Waals surface area contributed by atoms with Crippen molar-refractivity contribution in [2.24, 2.45) is 11.5 Å². The van der Waals surface area contributed by atoms with Gasteiger partial charge in [0.1, 0.15) is 18.1 Å². The van der Waals surface area contributed by atoms with E-state index in [9.17, 15) is 28.8 Å². The van der Waals surface area contributed by atoms with Crippen molar-refractivity contribution in [2.45, 2.75) is 56.8 Å². The van der Waals surface area contributed by atoms with Gasteiger partial charge in [0, 0.05) is 6.42 Å². The Bertz CT molecular complexity index is 689. The summed E-state index contributed by atoms with van der Waals surface area (Å²) in [5.74, 6) is -5.42. The fourth-order valence-electron chi connectivity index (χ4n) is 2.27. The van der Waals surface area contributed by atoms with Crippen LogP contribution >= 0.6 is 11.8 Å². The third-order valence-corrected chi connectivity index (χ3v) is 4.67. The van der Waals surface area contributed by atoms with E-state index in [2.05, 4.69) is 16.0 Å². The van der Waals surface area contributed by atoms with Gasteiger partial charge >= 0.3 is 11.9 Å². The van der Waals surface area contributed by atoms with Gasteiger partial charge in [-0.1, -0.05) is 0 Å². The number of nitrogens with two attached hydrogens (primary N) is 2. The van der Waals surface area contributed by atoms with Crippen LogP contribution in [0.25, 0.3) is 0 Å². The Labute approximate surface area is 183 Å². The van der Waals surface area contributed by atoms with Crippen LogP contribution in [0.5, 0.6) is 0 Å². The first-order valence-corrected chi connectivity index (χ1v) is 10.7. The third-order valence-electron chi connectivity index (χ3n) is 4.02. The maximum Gasteiger partial charge on any atom is 0.326 e. The van der Waals surface area contributed by atoms with Crippen LogP contribution in [-0.4, -0.2) is 82.0 Å². The van der Waals surface area contributed by atoms with Crippen LogP contribution in [0.15, 0.2) is 0 Å². The zero-order valence-electron chi connectivity index (χ0n) is 17.3. The lowest BCUT2D eigenvalue weighted by Crippen LogP contribution is -2.57. The maximum absolute atomic E-state index is 12.4. The minimum atomic E-state index is -1.47. The van der Waals surface area contributed by atoms with E-state index in [0.717, 1.165) is 0 Å². The lowest BCUT2D eigenvalue weighted by molar-refractivity contribution is -0.143. The Kier molecular flexibility index (Phi) is 12.9. The molecule has 0 bridgehead atoms. The number of primary amides is 1. The highest BCUT2D eigenvalue weighted by molar-refractivity contribution is 7.98. The van der Waals surface area contributed by atoms with Crippen molar-refractivity contribution in [3.8, 4) is 0 Å². The van der Waals surface area contributed by atoms with Crippen LogP contribution in [0.2, 0.25) is 0 Å². The molecule has 0 fully saturated rings. The summed E-state index contributed by atoms with van der Waals surface area (Å²) < 4.78 is 0. The maximum atomic E-state index is 12.4. The van der Waals surface area contributed by atoms with E-state index in [1.54, 1.807) is 0 Å². The number of carboxylic acid groups (broad SMARTS) is 2. The first-order valence-electron chi connectivity index (χ1n) is 9.27. The first-order chi connectivity index (χ1) is 14.4. The van der Waals surface area contributed by atoms with Gasteiger partial charge in [0.15, 0.2) is 0 Å². The molecular weight excluding hydrogens is 434 g/mol. The predicted molar refractivity (Wildman–Crippen MR) is 111 cm³/mol. The van der Waals surface area contributed by atoms with E-state index >= 15 is 0 Å². The zero-order valence-corrected chi connectivity index (χ0v) is 18.1. The quantitative estimate of drug-likeness (QED) is 0.133. The van der Waals surface area contributed by atoms with Crippen molar-refractivity contribution < 1.29 is 39.0 Å². The first kappa shape index (κ1) is 28.1. The number of aliphatic carboxylic acids is 2. The minimum Gasteiger partial charge on any atom is -0.481 e. The summed E-state index contributed by atoms with van der Waals surface area (Å²) in [6.07, 6.45) is 0.783. The summed E-state index contributed by atoms with van der Waals surface area (Å²) in [4.78, 5) is 69.8. The Balaban J connectivity index is 5.03. The molecule has 9 N–H and O–H groups in total. The second-order valence-corrected chi connectivity index (χ2v) is 7.67. The highest BCUT2D eigenvalue weighted by atomic mass is 32.2. The Hall–Kier alpha value is -2.87. The molecule has 0 aromatic carbocycles. The van der Waals surface area contributed by atoms with Gasteiger partial charge in [-0.2, -0.15) is 11.8 Å². The molecule has 0 radical (unpaired) electrons. The smallest absolute Gasteiger partial charge is 0.326 e. The molecule has 0 aliphatic rings. The van der Waals surface area contributed by atoms with E-state index < -0.39 is 72.6 Å². The third kappa shape index (κ3) is 11.8. The van der Waals surface area contributed by atoms with Crippen molar-refractivity contribution in [3.63, 3.8) is 0 Å². The lowest BCUT2D eigenvalue weighted by atomic mass is 10.1. The van der Waals surface area contributed by atoms with Crippen LogP contribution in [0.1, 0.15) is 32.6 Å². The second-order valence-electron chi connectivity index (χ2n) is 6.68. The summed E-state index contributed by atoms with van der Waals surface area (Å²) in [5, 5.41) is 24.4. The molecule has 4 atom stereocenters. The standard InChI is InChI=1S/C17H29N5O8S/c1-8(14(26)21-10(17(29)30)3-4-13(24)25)20-16(28)11(7-12(19)23)22-15(27)9(18)5-6-31-2/h8-11H,3-7,18H2,1-2H3,(H2,19,23)(H,20,28)(H,21,26)(H,22,27)(H,24,25)(H,29,30). The molecule has 176 valence electrons. The van der Waals surface area contributed by atoms with Crippen LogP contribution in [0.3, 0.4) is 0 Å². The van der Waals surface area contributed by atoms with Gasteiger partial charge in [0.05, 0.1) is 12.5 Å². The normalized spacial score (nSPS) is 14.4. The minimum absolute atomic E-state index is 0.337. The second kappa shape index (κ2) is 14.2. The fraction of sp³-hybridized carbons (Fsp3) is 0.647. The van der Waals surface area contributed by atoms with Crippen molar-refractivity contribution in [1.29, 1.82) is 0 Å². The number of carboxylic acids is 2. The number of hydrogen-bond acceptors (Lipinski definition) is 8. The summed E-state index contributed by atoms with van der Waals surface area (Å²) in [6, 6.07) is -5.03. The van der Waals surface area contributed by atoms with E-state index in [1.165, 1.54) is 18.7 Å². The number of thioether (sulfide) groups is 1. The zero-order chi connectivity index (χ0) is 24.1. The molecule has 0 aromatic rings. The van der Waals surface area contributed by atoms with Crippen LogP contribution in [0, 0.1) is 0 Å². The highest BCUT2D eigenvalue weighted by Crippen LogP contribution is 2.02. The van der Waals surface area contributed by atoms with E-state index in [4.69, 9.17) is 21.7 Å². The Morgan fingerprint density at radius 3 is 1.97 bits per heavy atom. The van der Waals surface area contributed by atoms with E-state index in [-0.39, 0.29) is 6.42 Å². The molecule has 0 aliphatic heterocycles. The molecule has 4 amide bonds. The molecule has 0 saturated carbocycles. The number of amides is 4.